The number of amides is 1. The van der Waals surface area contributed by atoms with Gasteiger partial charge in [0, 0.05) is 17.8 Å². The van der Waals surface area contributed by atoms with Gasteiger partial charge in [0.25, 0.3) is 5.91 Å². The fourth-order valence-electron chi connectivity index (χ4n) is 1.92. The molecule has 0 aliphatic carbocycles. The van der Waals surface area contributed by atoms with Crippen LogP contribution >= 0.6 is 0 Å². The van der Waals surface area contributed by atoms with Crippen molar-refractivity contribution in [2.75, 3.05) is 10.7 Å². The van der Waals surface area contributed by atoms with Crippen molar-refractivity contribution >= 4 is 28.4 Å². The minimum absolute atomic E-state index is 0.257. The summed E-state index contributed by atoms with van der Waals surface area (Å²) >= 11 is 0. The van der Waals surface area contributed by atoms with Gasteiger partial charge in [0.2, 0.25) is 5.95 Å². The van der Waals surface area contributed by atoms with Gasteiger partial charge in [-0.15, -0.1) is 0 Å². The number of benzene rings is 1. The molecule has 7 nitrogen and oxygen atoms in total. The number of fused-ring (bicyclic) bond motifs is 1. The van der Waals surface area contributed by atoms with Crippen molar-refractivity contribution in [2.45, 2.75) is 0 Å². The minimum Gasteiger partial charge on any atom is -0.331 e. The van der Waals surface area contributed by atoms with Crippen LogP contribution in [0.15, 0.2) is 42.7 Å². The highest BCUT2D eigenvalue weighted by Crippen LogP contribution is 2.22. The van der Waals surface area contributed by atoms with E-state index in [9.17, 15) is 4.79 Å². The van der Waals surface area contributed by atoms with Crippen molar-refractivity contribution in [1.29, 1.82) is 0 Å². The van der Waals surface area contributed by atoms with Gasteiger partial charge < -0.3 is 10.4 Å². The molecular weight excluding hydrogens is 256 g/mol. The van der Waals surface area contributed by atoms with Gasteiger partial charge in [-0.25, -0.2) is 9.97 Å². The summed E-state index contributed by atoms with van der Waals surface area (Å²) in [6.45, 7) is 0. The van der Waals surface area contributed by atoms with Crippen LogP contribution in [0.2, 0.25) is 0 Å². The Bertz CT molecular complexity index is 753. The number of aromatic nitrogens is 3. The fraction of sp³-hybridized carbons (Fsp3) is 0. The van der Waals surface area contributed by atoms with Crippen LogP contribution in [0.1, 0.15) is 10.5 Å². The Morgan fingerprint density at radius 1 is 1.30 bits per heavy atom. The number of hydrazine groups is 1. The number of nitrogens with zero attached hydrogens (tertiary/aromatic N) is 2. The largest absolute Gasteiger partial charge is 0.331 e. The second kappa shape index (κ2) is 4.98. The van der Waals surface area contributed by atoms with E-state index >= 15 is 0 Å². The number of nitrogens with two attached hydrogens (primary N) is 1. The predicted octanol–water partition coefficient (Wildman–Crippen LogP) is 1.50. The number of rotatable bonds is 3. The molecule has 0 aliphatic rings. The zero-order valence-electron chi connectivity index (χ0n) is 10.4. The number of H-pyrrole nitrogens is 1. The number of pyridine rings is 1. The molecule has 7 heteroatoms. The van der Waals surface area contributed by atoms with Gasteiger partial charge in [0.1, 0.15) is 5.69 Å². The van der Waals surface area contributed by atoms with E-state index in [1.54, 1.807) is 18.5 Å². The molecule has 0 saturated carbocycles. The van der Waals surface area contributed by atoms with Crippen LogP contribution in [0.25, 0.3) is 10.9 Å². The molecule has 2 aromatic heterocycles. The quantitative estimate of drug-likeness (QED) is 0.425. The first-order chi connectivity index (χ1) is 9.78. The minimum atomic E-state index is -0.359. The molecule has 20 heavy (non-hydrogen) atoms. The normalized spacial score (nSPS) is 10.4. The molecule has 0 radical (unpaired) electrons. The predicted molar refractivity (Wildman–Crippen MR) is 76.1 cm³/mol. The maximum atomic E-state index is 12.1. The monoisotopic (exact) mass is 268 g/mol. The molecule has 0 aliphatic heterocycles. The van der Waals surface area contributed by atoms with E-state index in [0.717, 1.165) is 5.39 Å². The Labute approximate surface area is 114 Å². The standard InChI is InChI=1S/C13H12N6O/c14-19-10-7-11(12(20)18-13-15-5-6-16-13)17-9-4-2-1-3-8(9)10/h1-7H,14H2,(H,17,19)(H2,15,16,18,20). The first-order valence-corrected chi connectivity index (χ1v) is 5.95. The summed E-state index contributed by atoms with van der Waals surface area (Å²) in [4.78, 5) is 23.2. The van der Waals surface area contributed by atoms with Gasteiger partial charge in [0.15, 0.2) is 0 Å². The van der Waals surface area contributed by atoms with E-state index < -0.39 is 0 Å². The molecular formula is C13H12N6O. The number of nitrogen functional groups attached to an aromatic ring is 1. The smallest absolute Gasteiger partial charge is 0.276 e. The number of carbonyl (C=O) groups is 1. The lowest BCUT2D eigenvalue weighted by Gasteiger charge is -2.08. The van der Waals surface area contributed by atoms with Crippen LogP contribution in [0.3, 0.4) is 0 Å². The van der Waals surface area contributed by atoms with Gasteiger partial charge in [-0.2, -0.15) is 0 Å². The molecule has 1 amide bonds. The number of carbonyl (C=O) groups excluding carboxylic acids is 1. The van der Waals surface area contributed by atoms with E-state index in [-0.39, 0.29) is 11.6 Å². The lowest BCUT2D eigenvalue weighted by molar-refractivity contribution is 0.102. The lowest BCUT2D eigenvalue weighted by Crippen LogP contribution is -2.16. The summed E-state index contributed by atoms with van der Waals surface area (Å²) in [5.41, 5.74) is 4.16. The summed E-state index contributed by atoms with van der Waals surface area (Å²) in [6.07, 6.45) is 3.17. The van der Waals surface area contributed by atoms with Gasteiger partial charge in [-0.1, -0.05) is 18.2 Å². The summed E-state index contributed by atoms with van der Waals surface area (Å²) in [6, 6.07) is 9.03. The van der Waals surface area contributed by atoms with Crippen LogP contribution in [0.4, 0.5) is 11.6 Å². The van der Waals surface area contributed by atoms with Crippen LogP contribution in [-0.4, -0.2) is 20.9 Å². The maximum absolute atomic E-state index is 12.1. The van der Waals surface area contributed by atoms with Crippen molar-refractivity contribution in [3.05, 3.63) is 48.4 Å². The number of para-hydroxylation sites is 1. The molecule has 0 bridgehead atoms. The Balaban J connectivity index is 2.01. The first-order valence-electron chi connectivity index (χ1n) is 5.95. The second-order valence-corrected chi connectivity index (χ2v) is 4.11. The van der Waals surface area contributed by atoms with Crippen LogP contribution in [0.5, 0.6) is 0 Å². The van der Waals surface area contributed by atoms with Gasteiger partial charge in [0.05, 0.1) is 11.2 Å². The highest BCUT2D eigenvalue weighted by molar-refractivity contribution is 6.05. The van der Waals surface area contributed by atoms with E-state index in [1.165, 1.54) is 0 Å². The van der Waals surface area contributed by atoms with Gasteiger partial charge >= 0.3 is 0 Å². The summed E-state index contributed by atoms with van der Waals surface area (Å²) in [5, 5.41) is 3.47. The number of anilines is 2. The van der Waals surface area contributed by atoms with Crippen LogP contribution in [-0.2, 0) is 0 Å². The molecule has 100 valence electrons. The molecule has 1 aromatic carbocycles. The third kappa shape index (κ3) is 2.17. The average molecular weight is 268 g/mol. The fourth-order valence-corrected chi connectivity index (χ4v) is 1.92. The first kappa shape index (κ1) is 12.1. The zero-order chi connectivity index (χ0) is 13.9. The highest BCUT2D eigenvalue weighted by atomic mass is 16.2. The topological polar surface area (TPSA) is 109 Å². The van der Waals surface area contributed by atoms with E-state index in [0.29, 0.717) is 17.2 Å². The third-order valence-electron chi connectivity index (χ3n) is 2.83. The maximum Gasteiger partial charge on any atom is 0.276 e. The number of imidazole rings is 1. The van der Waals surface area contributed by atoms with Gasteiger partial charge in [-0.05, 0) is 12.1 Å². The van der Waals surface area contributed by atoms with Crippen molar-refractivity contribution in [1.82, 2.24) is 15.0 Å². The molecule has 5 N–H and O–H groups in total. The average Bonchev–Trinajstić information content (AvgIpc) is 2.99. The summed E-state index contributed by atoms with van der Waals surface area (Å²) in [7, 11) is 0. The number of hydrogen-bond acceptors (Lipinski definition) is 5. The van der Waals surface area contributed by atoms with E-state index in [1.807, 2.05) is 24.3 Å². The van der Waals surface area contributed by atoms with Gasteiger partial charge in [-0.3, -0.25) is 16.0 Å². The van der Waals surface area contributed by atoms with Crippen molar-refractivity contribution < 1.29 is 4.79 Å². The van der Waals surface area contributed by atoms with E-state index in [4.69, 9.17) is 5.84 Å². The Kier molecular flexibility index (Phi) is 3.02. The molecule has 0 spiro atoms. The van der Waals surface area contributed by atoms with Crippen molar-refractivity contribution in [3.8, 4) is 0 Å². The van der Waals surface area contributed by atoms with Crippen LogP contribution < -0.4 is 16.6 Å². The second-order valence-electron chi connectivity index (χ2n) is 4.11. The Morgan fingerprint density at radius 3 is 2.90 bits per heavy atom. The molecule has 0 saturated heterocycles. The molecule has 0 fully saturated rings. The number of hydrogen-bond donors (Lipinski definition) is 4. The molecule has 3 rings (SSSR count). The SMILES string of the molecule is NNc1cc(C(=O)Nc2ncc[nH]2)nc2ccccc12. The number of nitrogens with one attached hydrogen (secondary N) is 3. The summed E-state index contributed by atoms with van der Waals surface area (Å²) in [5.74, 6) is 5.50. The molecule has 0 atom stereocenters. The third-order valence-corrected chi connectivity index (χ3v) is 2.83. The zero-order valence-corrected chi connectivity index (χ0v) is 10.4. The molecule has 0 unspecified atom stereocenters. The van der Waals surface area contributed by atoms with Crippen LogP contribution in [0, 0.1) is 0 Å². The highest BCUT2D eigenvalue weighted by Gasteiger charge is 2.12. The summed E-state index contributed by atoms with van der Waals surface area (Å²) < 4.78 is 0. The molecule has 2 heterocycles. The van der Waals surface area contributed by atoms with Crippen molar-refractivity contribution in [3.63, 3.8) is 0 Å². The Hall–Kier alpha value is -2.93. The molecule has 3 aromatic rings. The van der Waals surface area contributed by atoms with Crippen molar-refractivity contribution in [2.24, 2.45) is 5.84 Å². The number of aromatic amines is 1. The van der Waals surface area contributed by atoms with E-state index in [2.05, 4.69) is 25.7 Å². The Morgan fingerprint density at radius 2 is 2.15 bits per heavy atom. The lowest BCUT2D eigenvalue weighted by atomic mass is 10.1.